The number of ether oxygens (including phenoxy) is 1. The highest BCUT2D eigenvalue weighted by Crippen LogP contribution is 2.34. The Balaban J connectivity index is 1.43. The van der Waals surface area contributed by atoms with Crippen molar-refractivity contribution in [3.63, 3.8) is 0 Å². The summed E-state index contributed by atoms with van der Waals surface area (Å²) < 4.78 is 5.98. The molecule has 2 saturated heterocycles. The molecule has 2 N–H and O–H groups in total. The molecule has 5 heteroatoms. The van der Waals surface area contributed by atoms with Crippen molar-refractivity contribution in [1.82, 2.24) is 10.3 Å². The van der Waals surface area contributed by atoms with Crippen molar-refractivity contribution in [2.45, 2.75) is 24.5 Å². The summed E-state index contributed by atoms with van der Waals surface area (Å²) in [4.78, 5) is 4.24. The van der Waals surface area contributed by atoms with Crippen LogP contribution < -0.4 is 10.6 Å². The minimum atomic E-state index is 0.0113. The van der Waals surface area contributed by atoms with Gasteiger partial charge in [0.25, 0.3) is 0 Å². The molecule has 0 saturated carbocycles. The lowest BCUT2D eigenvalue weighted by Gasteiger charge is -2.26. The summed E-state index contributed by atoms with van der Waals surface area (Å²) in [5.41, 5.74) is 2.34. The lowest BCUT2D eigenvalue weighted by atomic mass is 9.93. The highest BCUT2D eigenvalue weighted by Gasteiger charge is 2.45. The van der Waals surface area contributed by atoms with E-state index < -0.39 is 0 Å². The fourth-order valence-corrected chi connectivity index (χ4v) is 3.40. The molecule has 3 heterocycles. The van der Waals surface area contributed by atoms with Gasteiger partial charge < -0.3 is 15.4 Å². The molecule has 2 fully saturated rings. The average molecular weight is 316 g/mol. The fraction of sp³-hybridized carbons (Fsp3) is 0.353. The summed E-state index contributed by atoms with van der Waals surface area (Å²) in [5.74, 6) is 0.790. The maximum absolute atomic E-state index is 5.98. The molecule has 22 heavy (non-hydrogen) atoms. The standard InChI is InChI=1S/C17H18ClN3O/c18-13-3-6-16(19-9-13)21-14-4-1-12(2-5-14)7-17-8-15(10-22-17)20-11-17/h1-6,9,15,20H,7-8,10-11H2,(H,19,21). The number of morpholine rings is 1. The Hall–Kier alpha value is -1.62. The Bertz CT molecular complexity index is 649. The van der Waals surface area contributed by atoms with Gasteiger partial charge in [-0.05, 0) is 36.2 Å². The lowest BCUT2D eigenvalue weighted by Crippen LogP contribution is -2.40. The average Bonchev–Trinajstić information content (AvgIpc) is 3.12. The molecular formula is C17H18ClN3O. The van der Waals surface area contributed by atoms with Gasteiger partial charge in [-0.25, -0.2) is 4.98 Å². The zero-order valence-corrected chi connectivity index (χ0v) is 12.9. The highest BCUT2D eigenvalue weighted by atomic mass is 35.5. The van der Waals surface area contributed by atoms with Gasteiger partial charge in [0.05, 0.1) is 17.2 Å². The Morgan fingerprint density at radius 1 is 1.27 bits per heavy atom. The van der Waals surface area contributed by atoms with Crippen LogP contribution in [0, 0.1) is 0 Å². The van der Waals surface area contributed by atoms with Crippen LogP contribution in [0.2, 0.25) is 5.02 Å². The van der Waals surface area contributed by atoms with E-state index in [9.17, 15) is 0 Å². The first-order valence-corrected chi connectivity index (χ1v) is 7.94. The second-order valence-electron chi connectivity index (χ2n) is 6.14. The molecule has 2 aliphatic heterocycles. The minimum absolute atomic E-state index is 0.0113. The number of halogens is 1. The molecule has 0 aliphatic carbocycles. The third-order valence-electron chi connectivity index (χ3n) is 4.40. The quantitative estimate of drug-likeness (QED) is 0.910. The van der Waals surface area contributed by atoms with E-state index in [0.717, 1.165) is 37.5 Å². The number of hydrogen-bond acceptors (Lipinski definition) is 4. The Kier molecular flexibility index (Phi) is 3.53. The monoisotopic (exact) mass is 315 g/mol. The zero-order chi connectivity index (χ0) is 15.0. The summed E-state index contributed by atoms with van der Waals surface area (Å²) in [7, 11) is 0. The number of benzene rings is 1. The van der Waals surface area contributed by atoms with Gasteiger partial charge in [0.15, 0.2) is 0 Å². The third-order valence-corrected chi connectivity index (χ3v) is 4.63. The van der Waals surface area contributed by atoms with Crippen molar-refractivity contribution in [3.8, 4) is 0 Å². The molecule has 2 unspecified atom stereocenters. The highest BCUT2D eigenvalue weighted by molar-refractivity contribution is 6.30. The maximum Gasteiger partial charge on any atom is 0.130 e. The van der Waals surface area contributed by atoms with Crippen molar-refractivity contribution >= 4 is 23.1 Å². The molecule has 2 bridgehead atoms. The number of hydrogen-bond donors (Lipinski definition) is 2. The number of nitrogens with one attached hydrogen (secondary N) is 2. The first kappa shape index (κ1) is 14.0. The van der Waals surface area contributed by atoms with Crippen molar-refractivity contribution in [1.29, 1.82) is 0 Å². The molecule has 4 rings (SSSR count). The van der Waals surface area contributed by atoms with Crippen LogP contribution in [0.3, 0.4) is 0 Å². The largest absolute Gasteiger partial charge is 0.372 e. The number of nitrogens with zero attached hydrogens (tertiary/aromatic N) is 1. The number of fused-ring (bicyclic) bond motifs is 2. The van der Waals surface area contributed by atoms with Gasteiger partial charge in [-0.3, -0.25) is 0 Å². The van der Waals surface area contributed by atoms with E-state index in [-0.39, 0.29) is 5.60 Å². The minimum Gasteiger partial charge on any atom is -0.372 e. The van der Waals surface area contributed by atoms with Crippen LogP contribution in [0.5, 0.6) is 0 Å². The second kappa shape index (κ2) is 5.54. The number of rotatable bonds is 4. The second-order valence-corrected chi connectivity index (χ2v) is 6.57. The van der Waals surface area contributed by atoms with E-state index in [0.29, 0.717) is 11.1 Å². The van der Waals surface area contributed by atoms with Crippen molar-refractivity contribution < 1.29 is 4.74 Å². The van der Waals surface area contributed by atoms with Crippen LogP contribution in [0.25, 0.3) is 0 Å². The molecular weight excluding hydrogens is 298 g/mol. The summed E-state index contributed by atoms with van der Waals surface area (Å²) >= 11 is 5.84. The van der Waals surface area contributed by atoms with Gasteiger partial charge in [-0.1, -0.05) is 23.7 Å². The van der Waals surface area contributed by atoms with E-state index in [4.69, 9.17) is 16.3 Å². The van der Waals surface area contributed by atoms with E-state index in [1.807, 2.05) is 12.1 Å². The summed E-state index contributed by atoms with van der Waals surface area (Å²) in [6.07, 6.45) is 3.73. The molecule has 4 nitrogen and oxygen atoms in total. The van der Waals surface area contributed by atoms with E-state index >= 15 is 0 Å². The molecule has 2 aliphatic rings. The Morgan fingerprint density at radius 3 is 2.73 bits per heavy atom. The van der Waals surface area contributed by atoms with Crippen molar-refractivity contribution in [3.05, 3.63) is 53.2 Å². The summed E-state index contributed by atoms with van der Waals surface area (Å²) in [6.45, 7) is 1.81. The molecule has 0 amide bonds. The van der Waals surface area contributed by atoms with Crippen LogP contribution in [0.1, 0.15) is 12.0 Å². The van der Waals surface area contributed by atoms with Gasteiger partial charge in [0.1, 0.15) is 5.82 Å². The molecule has 1 aromatic heterocycles. The molecule has 2 atom stereocenters. The van der Waals surface area contributed by atoms with E-state index in [2.05, 4.69) is 39.9 Å². The first-order valence-electron chi connectivity index (χ1n) is 7.56. The Morgan fingerprint density at radius 2 is 2.14 bits per heavy atom. The van der Waals surface area contributed by atoms with Gasteiger partial charge in [0, 0.05) is 30.9 Å². The fourth-order valence-electron chi connectivity index (χ4n) is 3.29. The van der Waals surface area contributed by atoms with Gasteiger partial charge in [-0.2, -0.15) is 0 Å². The lowest BCUT2D eigenvalue weighted by molar-refractivity contribution is -0.00521. The van der Waals surface area contributed by atoms with Crippen LogP contribution in [-0.4, -0.2) is 29.8 Å². The van der Waals surface area contributed by atoms with Crippen LogP contribution in [-0.2, 0) is 11.2 Å². The smallest absolute Gasteiger partial charge is 0.130 e. The normalized spacial score (nSPS) is 26.3. The van der Waals surface area contributed by atoms with Crippen molar-refractivity contribution in [2.24, 2.45) is 0 Å². The van der Waals surface area contributed by atoms with Gasteiger partial charge >= 0.3 is 0 Å². The van der Waals surface area contributed by atoms with Crippen LogP contribution in [0.15, 0.2) is 42.6 Å². The number of pyridine rings is 1. The van der Waals surface area contributed by atoms with E-state index in [1.165, 1.54) is 5.56 Å². The zero-order valence-electron chi connectivity index (χ0n) is 12.2. The van der Waals surface area contributed by atoms with Crippen LogP contribution in [0.4, 0.5) is 11.5 Å². The van der Waals surface area contributed by atoms with E-state index in [1.54, 1.807) is 6.20 Å². The predicted molar refractivity (Wildman–Crippen MR) is 87.8 cm³/mol. The summed E-state index contributed by atoms with van der Waals surface area (Å²) in [6, 6.07) is 12.7. The first-order chi connectivity index (χ1) is 10.7. The number of aromatic nitrogens is 1. The predicted octanol–water partition coefficient (Wildman–Crippen LogP) is 3.15. The molecule has 1 aromatic carbocycles. The van der Waals surface area contributed by atoms with Gasteiger partial charge in [0.2, 0.25) is 0 Å². The summed E-state index contributed by atoms with van der Waals surface area (Å²) in [5, 5.41) is 7.42. The molecule has 0 spiro atoms. The van der Waals surface area contributed by atoms with Crippen molar-refractivity contribution in [2.75, 3.05) is 18.5 Å². The topological polar surface area (TPSA) is 46.2 Å². The molecule has 2 aromatic rings. The van der Waals surface area contributed by atoms with Gasteiger partial charge in [-0.15, -0.1) is 0 Å². The molecule has 0 radical (unpaired) electrons. The number of anilines is 2. The Labute approximate surface area is 134 Å². The third kappa shape index (κ3) is 2.82. The molecule has 114 valence electrons. The van der Waals surface area contributed by atoms with Crippen LogP contribution >= 0.6 is 11.6 Å². The SMILES string of the molecule is Clc1ccc(Nc2ccc(CC34CNC(CO3)C4)cc2)nc1. The maximum atomic E-state index is 5.98.